The number of hydrogen-bond donors (Lipinski definition) is 1. The first-order valence-electron chi connectivity index (χ1n) is 12.4. The molecule has 11 heteroatoms. The number of likely N-dealkylation sites (tertiary alicyclic amines) is 1. The lowest BCUT2D eigenvalue weighted by molar-refractivity contribution is -0.143. The third-order valence-corrected chi connectivity index (χ3v) is 9.37. The minimum atomic E-state index is -0.212. The van der Waals surface area contributed by atoms with Crippen molar-refractivity contribution >= 4 is 69.8 Å². The molecule has 2 saturated heterocycles. The number of aromatic nitrogens is 2. The number of benzene rings is 1. The van der Waals surface area contributed by atoms with Crippen molar-refractivity contribution in [2.45, 2.75) is 46.8 Å². The Morgan fingerprint density at radius 1 is 1.16 bits per heavy atom. The second kappa shape index (κ2) is 10.5. The Morgan fingerprint density at radius 3 is 2.55 bits per heavy atom. The Morgan fingerprint density at radius 2 is 1.87 bits per heavy atom. The van der Waals surface area contributed by atoms with Crippen LogP contribution in [0, 0.1) is 30.1 Å². The molecule has 2 aromatic heterocycles. The third-order valence-electron chi connectivity index (χ3n) is 8.04. The highest BCUT2D eigenvalue weighted by Gasteiger charge is 2.72. The number of nitrogens with one attached hydrogen (secondary N) is 1. The molecule has 3 aliphatic rings. The number of ether oxygens (including phenoxy) is 1. The topological polar surface area (TPSA) is 84.4 Å². The number of carbonyl (C=O) groups excluding carboxylic acids is 2. The maximum Gasteiger partial charge on any atom is 0.234 e. The van der Waals surface area contributed by atoms with Crippen molar-refractivity contribution in [3.63, 3.8) is 0 Å². The first kappa shape index (κ1) is 29.0. The van der Waals surface area contributed by atoms with E-state index in [-0.39, 0.29) is 66.5 Å². The van der Waals surface area contributed by atoms with Crippen molar-refractivity contribution in [2.24, 2.45) is 23.2 Å². The number of rotatable bonds is 5. The molecule has 6 rings (SSSR count). The van der Waals surface area contributed by atoms with Crippen LogP contribution in [0.4, 0.5) is 0 Å². The highest BCUT2D eigenvalue weighted by atomic mass is 35.5. The lowest BCUT2D eigenvalue weighted by atomic mass is 9.97. The zero-order valence-electron chi connectivity index (χ0n) is 21.6. The van der Waals surface area contributed by atoms with E-state index in [0.29, 0.717) is 10.9 Å². The molecule has 0 radical (unpaired) electrons. The molecular weight excluding hydrogens is 567 g/mol. The summed E-state index contributed by atoms with van der Waals surface area (Å²) in [5.74, 6) is 0.696. The maximum absolute atomic E-state index is 12.9. The molecule has 3 aromatic rings. The Kier molecular flexibility index (Phi) is 8.05. The summed E-state index contributed by atoms with van der Waals surface area (Å²) in [6, 6.07) is 5.77. The van der Waals surface area contributed by atoms with Crippen LogP contribution in [-0.4, -0.2) is 45.9 Å². The van der Waals surface area contributed by atoms with E-state index >= 15 is 0 Å². The smallest absolute Gasteiger partial charge is 0.234 e. The van der Waals surface area contributed by atoms with E-state index in [9.17, 15) is 9.59 Å². The van der Waals surface area contributed by atoms with E-state index in [4.69, 9.17) is 16.3 Å². The predicted molar refractivity (Wildman–Crippen MR) is 154 cm³/mol. The molecule has 3 fully saturated rings. The number of imide groups is 1. The number of nitrogens with zero attached hydrogens (tertiary/aromatic N) is 3. The van der Waals surface area contributed by atoms with E-state index < -0.39 is 0 Å². The van der Waals surface area contributed by atoms with Crippen molar-refractivity contribution in [1.82, 2.24) is 20.2 Å². The maximum atomic E-state index is 12.9. The summed E-state index contributed by atoms with van der Waals surface area (Å²) in [4.78, 5) is 37.2. The SMILES string of the molecule is Cc1cc(Cl)cc(-c2ncnc3cc(CN4C(=O)C5C(C4=O)C5(C)C)sc23)c1O[C@@H]1CCNC[C@@H]1C.Cl.Cl. The minimum Gasteiger partial charge on any atom is -0.489 e. The standard InChI is InChI=1S/C27H29ClN4O3S.2ClH/c1-13-7-15(28)8-17(23(13)35-19-5-6-29-10-14(19)2)22-24-18(30-12-31-22)9-16(36-24)11-32-25(33)20-21(26(32)34)27(20,3)4;;/h7-9,12,14,19-21,29H,5-6,10-11H2,1-4H3;2*1H/t14-,19+,20?,21?;;/m0../s1. The van der Waals surface area contributed by atoms with Crippen LogP contribution in [0.15, 0.2) is 24.5 Å². The summed E-state index contributed by atoms with van der Waals surface area (Å²) in [7, 11) is 0. The van der Waals surface area contributed by atoms with E-state index in [2.05, 4.69) is 22.2 Å². The molecule has 38 heavy (non-hydrogen) atoms. The van der Waals surface area contributed by atoms with Gasteiger partial charge in [0.2, 0.25) is 11.8 Å². The quantitative estimate of drug-likeness (QED) is 0.381. The van der Waals surface area contributed by atoms with E-state index in [1.807, 2.05) is 39.0 Å². The molecule has 1 saturated carbocycles. The zero-order valence-corrected chi connectivity index (χ0v) is 24.8. The van der Waals surface area contributed by atoms with Gasteiger partial charge in [0.1, 0.15) is 18.2 Å². The summed E-state index contributed by atoms with van der Waals surface area (Å²) in [6.07, 6.45) is 2.58. The largest absolute Gasteiger partial charge is 0.489 e. The van der Waals surface area contributed by atoms with E-state index in [1.165, 1.54) is 16.2 Å². The number of amides is 2. The van der Waals surface area contributed by atoms with Crippen molar-refractivity contribution in [2.75, 3.05) is 13.1 Å². The average molecular weight is 598 g/mol. The number of aryl methyl sites for hydroxylation is 1. The number of thiophene rings is 1. The molecule has 2 aliphatic heterocycles. The van der Waals surface area contributed by atoms with Gasteiger partial charge in [-0.25, -0.2) is 9.97 Å². The summed E-state index contributed by atoms with van der Waals surface area (Å²) in [6.45, 7) is 10.3. The van der Waals surface area contributed by atoms with Crippen molar-refractivity contribution < 1.29 is 14.3 Å². The fourth-order valence-corrected chi connectivity index (χ4v) is 7.24. The molecule has 7 nitrogen and oxygen atoms in total. The summed E-state index contributed by atoms with van der Waals surface area (Å²) in [5, 5.41) is 4.04. The van der Waals surface area contributed by atoms with Crippen LogP contribution in [0.3, 0.4) is 0 Å². The predicted octanol–water partition coefficient (Wildman–Crippen LogP) is 5.68. The van der Waals surface area contributed by atoms with Gasteiger partial charge in [0, 0.05) is 27.9 Å². The molecule has 4 heterocycles. The summed E-state index contributed by atoms with van der Waals surface area (Å²) >= 11 is 8.01. The Labute approximate surface area is 243 Å². The fraction of sp³-hybridized carbons (Fsp3) is 0.481. The van der Waals surface area contributed by atoms with Gasteiger partial charge in [-0.3, -0.25) is 14.5 Å². The molecule has 4 atom stereocenters. The van der Waals surface area contributed by atoms with Gasteiger partial charge in [-0.05, 0) is 49.1 Å². The first-order chi connectivity index (χ1) is 17.2. The Hall–Kier alpha value is -1.97. The van der Waals surface area contributed by atoms with Crippen molar-refractivity contribution in [3.05, 3.63) is 40.0 Å². The lowest BCUT2D eigenvalue weighted by Gasteiger charge is -2.31. The molecule has 1 N–H and O–H groups in total. The monoisotopic (exact) mass is 596 g/mol. The van der Waals surface area contributed by atoms with Crippen molar-refractivity contribution in [3.8, 4) is 17.0 Å². The van der Waals surface area contributed by atoms with Crippen LogP contribution in [0.5, 0.6) is 5.75 Å². The highest BCUT2D eigenvalue weighted by Crippen LogP contribution is 2.63. The molecule has 1 aliphatic carbocycles. The van der Waals surface area contributed by atoms with E-state index in [0.717, 1.165) is 57.2 Å². The van der Waals surface area contributed by atoms with Gasteiger partial charge < -0.3 is 10.1 Å². The highest BCUT2D eigenvalue weighted by molar-refractivity contribution is 7.19. The first-order valence-corrected chi connectivity index (χ1v) is 13.6. The summed E-state index contributed by atoms with van der Waals surface area (Å²) < 4.78 is 7.51. The molecule has 2 amide bonds. The molecule has 0 spiro atoms. The number of fused-ring (bicyclic) bond motifs is 2. The Bertz CT molecular complexity index is 1390. The molecule has 0 bridgehead atoms. The number of carbonyl (C=O) groups is 2. The molecule has 2 unspecified atom stereocenters. The van der Waals surface area contributed by atoms with Crippen LogP contribution >= 0.6 is 47.8 Å². The fourth-order valence-electron chi connectivity index (χ4n) is 5.87. The number of piperidine rings is 2. The van der Waals surface area contributed by atoms with Gasteiger partial charge in [0.05, 0.1) is 34.3 Å². The van der Waals surface area contributed by atoms with E-state index in [1.54, 1.807) is 6.33 Å². The average Bonchev–Trinajstić information content (AvgIpc) is 3.08. The van der Waals surface area contributed by atoms with Gasteiger partial charge in [0.25, 0.3) is 0 Å². The minimum absolute atomic E-state index is 0. The zero-order chi connectivity index (χ0) is 25.4. The van der Waals surface area contributed by atoms with Crippen LogP contribution in [0.25, 0.3) is 21.5 Å². The second-order valence-electron chi connectivity index (χ2n) is 10.9. The number of halogens is 3. The van der Waals surface area contributed by atoms with Crippen LogP contribution in [-0.2, 0) is 16.1 Å². The van der Waals surface area contributed by atoms with Crippen molar-refractivity contribution in [1.29, 1.82) is 0 Å². The summed E-state index contributed by atoms with van der Waals surface area (Å²) in [5.41, 5.74) is 3.12. The van der Waals surface area contributed by atoms with Gasteiger partial charge in [0.15, 0.2) is 0 Å². The molecular formula is C27H31Cl3N4O3S. The van der Waals surface area contributed by atoms with Crippen LogP contribution < -0.4 is 10.1 Å². The number of hydrogen-bond acceptors (Lipinski definition) is 7. The lowest BCUT2D eigenvalue weighted by Crippen LogP contribution is -2.41. The van der Waals surface area contributed by atoms with Gasteiger partial charge in [-0.1, -0.05) is 32.4 Å². The van der Waals surface area contributed by atoms with Crippen LogP contribution in [0.2, 0.25) is 5.02 Å². The normalized spacial score (nSPS) is 25.6. The molecule has 204 valence electrons. The van der Waals surface area contributed by atoms with Crippen LogP contribution in [0.1, 0.15) is 37.6 Å². The molecule has 1 aromatic carbocycles. The van der Waals surface area contributed by atoms with Gasteiger partial charge >= 0.3 is 0 Å². The Balaban J connectivity index is 0.00000168. The van der Waals surface area contributed by atoms with Gasteiger partial charge in [-0.15, -0.1) is 36.2 Å². The third kappa shape index (κ3) is 4.68. The van der Waals surface area contributed by atoms with Gasteiger partial charge in [-0.2, -0.15) is 0 Å². The second-order valence-corrected chi connectivity index (χ2v) is 12.5.